The smallest absolute Gasteiger partial charge is 0.591 e. The van der Waals surface area contributed by atoms with Crippen molar-refractivity contribution in [1.29, 1.82) is 0 Å². The molecule has 158 valence electrons. The van der Waals surface area contributed by atoms with E-state index >= 15 is 0 Å². The van der Waals surface area contributed by atoms with Gasteiger partial charge in [0.25, 0.3) is 0 Å². The average molecular weight is 445 g/mol. The number of carbonyl (C=O) groups is 2. The summed E-state index contributed by atoms with van der Waals surface area (Å²) in [6, 6.07) is 13.5. The minimum atomic E-state index is -2.40. The number of hydrogen-bond donors (Lipinski definition) is 4. The van der Waals surface area contributed by atoms with Crippen LogP contribution in [-0.4, -0.2) is 35.2 Å². The van der Waals surface area contributed by atoms with E-state index in [0.29, 0.717) is 5.30 Å². The van der Waals surface area contributed by atoms with Gasteiger partial charge < -0.3 is 26.6 Å². The average Bonchev–Trinajstić information content (AvgIpc) is 2.73. The van der Waals surface area contributed by atoms with Gasteiger partial charge in [0.05, 0.1) is 11.1 Å². The van der Waals surface area contributed by atoms with Crippen molar-refractivity contribution >= 4 is 25.3 Å². The van der Waals surface area contributed by atoms with Crippen molar-refractivity contribution in [2.45, 2.75) is 25.7 Å². The molecular weight excluding hydrogens is 418 g/mol. The zero-order chi connectivity index (χ0) is 22.1. The number of nitrogens with two attached hydrogens (primary N) is 2. The van der Waals surface area contributed by atoms with Crippen molar-refractivity contribution in [1.82, 2.24) is 0 Å². The van der Waals surface area contributed by atoms with E-state index in [9.17, 15) is 19.0 Å². The Morgan fingerprint density at radius 1 is 0.800 bits per heavy atom. The molecule has 2 rings (SSSR count). The Kier molecular flexibility index (Phi) is 19.7. The summed E-state index contributed by atoms with van der Waals surface area (Å²) in [5, 5.41) is 17.4. The zero-order valence-electron chi connectivity index (χ0n) is 17.1. The fourth-order valence-electron chi connectivity index (χ4n) is 1.98. The molecule has 8 nitrogen and oxygen atoms in total. The van der Waals surface area contributed by atoms with Crippen molar-refractivity contribution < 1.29 is 58.8 Å². The topological polar surface area (TPSA) is 167 Å². The van der Waals surface area contributed by atoms with E-state index in [0.717, 1.165) is 32.0 Å². The summed E-state index contributed by atoms with van der Waals surface area (Å²) < 4.78 is 10.2. The van der Waals surface area contributed by atoms with Crippen LogP contribution in [0.15, 0.2) is 54.6 Å². The van der Waals surface area contributed by atoms with Crippen LogP contribution in [0.2, 0.25) is 0 Å². The predicted molar refractivity (Wildman–Crippen MR) is 111 cm³/mol. The second-order valence-electron chi connectivity index (χ2n) is 5.78. The fourth-order valence-corrected chi connectivity index (χ4v) is 2.39. The van der Waals surface area contributed by atoms with Gasteiger partial charge in [0.2, 0.25) is 0 Å². The summed E-state index contributed by atoms with van der Waals surface area (Å²) in [7, 11) is -2.40. The summed E-state index contributed by atoms with van der Waals surface area (Å²) in [5.41, 5.74) is 10.5. The quantitative estimate of drug-likeness (QED) is 0.227. The van der Waals surface area contributed by atoms with Crippen LogP contribution in [0.25, 0.3) is 0 Å². The number of carboxylic acids is 2. The van der Waals surface area contributed by atoms with E-state index in [-0.39, 0.29) is 40.7 Å². The third kappa shape index (κ3) is 15.2. The minimum Gasteiger partial charge on any atom is -0.591 e. The molecule has 0 aliphatic heterocycles. The first-order chi connectivity index (χ1) is 13.8. The number of hydrogen-bond acceptors (Lipinski definition) is 6. The molecule has 0 aliphatic carbocycles. The van der Waals surface area contributed by atoms with Crippen LogP contribution in [0.1, 0.15) is 46.4 Å². The Morgan fingerprint density at radius 3 is 1.53 bits per heavy atom. The Morgan fingerprint density at radius 2 is 1.23 bits per heavy atom. The summed E-state index contributed by atoms with van der Waals surface area (Å²) >= 11 is 0. The molecule has 0 saturated heterocycles. The molecule has 0 heterocycles. The Hall–Kier alpha value is -1.64. The minimum absolute atomic E-state index is 0. The summed E-state index contributed by atoms with van der Waals surface area (Å²) in [6.45, 7) is 1.65. The van der Waals surface area contributed by atoms with E-state index in [2.05, 4.69) is 0 Å². The molecule has 0 aliphatic rings. The van der Waals surface area contributed by atoms with Crippen molar-refractivity contribution in [2.75, 3.05) is 13.1 Å². The van der Waals surface area contributed by atoms with Crippen molar-refractivity contribution in [3.63, 3.8) is 0 Å². The Balaban J connectivity index is 0. The molecule has 0 spiro atoms. The molecule has 0 fully saturated rings. The molecular formula is C20H27N2NaO6P+. The van der Waals surface area contributed by atoms with Gasteiger partial charge in [-0.25, -0.2) is 9.59 Å². The van der Waals surface area contributed by atoms with Crippen molar-refractivity contribution in [3.05, 3.63) is 65.7 Å². The Bertz CT molecular complexity index is 727. The molecule has 0 bridgehead atoms. The van der Waals surface area contributed by atoms with Crippen LogP contribution < -0.4 is 51.2 Å². The van der Waals surface area contributed by atoms with Crippen LogP contribution in [0.3, 0.4) is 0 Å². The van der Waals surface area contributed by atoms with E-state index < -0.39 is 20.0 Å². The van der Waals surface area contributed by atoms with Crippen LogP contribution in [0.5, 0.6) is 0 Å². The molecule has 2 aromatic rings. The number of rotatable bonds is 8. The number of carboxylic acid groups (broad SMARTS) is 2. The molecule has 30 heavy (non-hydrogen) atoms. The largest absolute Gasteiger partial charge is 1.00 e. The van der Waals surface area contributed by atoms with E-state index in [1.165, 1.54) is 31.0 Å². The SMILES string of the molecule is NCCCCCCN.O=C(O)c1cccc(C(=O)O)c1.O=[P+]([O-])c1ccccc1.[Na+]. The first kappa shape index (κ1) is 30.6. The Labute approximate surface area is 199 Å². The van der Waals surface area contributed by atoms with Gasteiger partial charge in [0.1, 0.15) is 0 Å². The molecule has 6 N–H and O–H groups in total. The van der Waals surface area contributed by atoms with Gasteiger partial charge >= 0.3 is 49.5 Å². The second kappa shape index (κ2) is 19.3. The van der Waals surface area contributed by atoms with Crippen LogP contribution in [0, 0.1) is 0 Å². The molecule has 2 aromatic carbocycles. The van der Waals surface area contributed by atoms with Gasteiger partial charge in [-0.2, -0.15) is 0 Å². The normalized spacial score (nSPS) is 9.63. The number of benzene rings is 2. The van der Waals surface area contributed by atoms with Crippen LogP contribution in [-0.2, 0) is 4.57 Å². The third-order valence-corrected chi connectivity index (χ3v) is 4.20. The maximum absolute atomic E-state index is 10.4. The summed E-state index contributed by atoms with van der Waals surface area (Å²) in [6.07, 6.45) is 4.79. The monoisotopic (exact) mass is 445 g/mol. The maximum atomic E-state index is 10.4. The molecule has 0 amide bonds. The molecule has 1 atom stereocenters. The molecule has 0 radical (unpaired) electrons. The first-order valence-corrected chi connectivity index (χ1v) is 10.2. The molecule has 0 aromatic heterocycles. The zero-order valence-corrected chi connectivity index (χ0v) is 20.0. The van der Waals surface area contributed by atoms with Crippen molar-refractivity contribution in [2.24, 2.45) is 11.5 Å². The molecule has 10 heteroatoms. The van der Waals surface area contributed by atoms with Gasteiger partial charge in [0, 0.05) is 0 Å². The number of unbranched alkanes of at least 4 members (excludes halogenated alkanes) is 3. The van der Waals surface area contributed by atoms with Crippen LogP contribution in [0.4, 0.5) is 0 Å². The van der Waals surface area contributed by atoms with E-state index in [1.54, 1.807) is 30.3 Å². The van der Waals surface area contributed by atoms with E-state index in [4.69, 9.17) is 21.7 Å². The van der Waals surface area contributed by atoms with Crippen LogP contribution >= 0.6 is 8.03 Å². The second-order valence-corrected chi connectivity index (χ2v) is 6.81. The number of aromatic carboxylic acids is 2. The van der Waals surface area contributed by atoms with Gasteiger partial charge in [-0.15, -0.1) is 0 Å². The fraction of sp³-hybridized carbons (Fsp3) is 0.300. The van der Waals surface area contributed by atoms with Gasteiger partial charge in [0.15, 0.2) is 5.30 Å². The molecule has 1 unspecified atom stereocenters. The van der Waals surface area contributed by atoms with Gasteiger partial charge in [-0.1, -0.05) is 41.7 Å². The predicted octanol–water partition coefficient (Wildman–Crippen LogP) is -1.03. The first-order valence-electron chi connectivity index (χ1n) is 8.99. The molecule has 0 saturated carbocycles. The summed E-state index contributed by atoms with van der Waals surface area (Å²) in [5.74, 6) is -2.25. The summed E-state index contributed by atoms with van der Waals surface area (Å²) in [4.78, 5) is 31.0. The maximum Gasteiger partial charge on any atom is 1.00 e. The van der Waals surface area contributed by atoms with Gasteiger partial charge in [-0.05, 0) is 56.3 Å². The van der Waals surface area contributed by atoms with E-state index in [1.807, 2.05) is 0 Å². The third-order valence-electron chi connectivity index (χ3n) is 3.48. The van der Waals surface area contributed by atoms with Gasteiger partial charge in [-0.3, -0.25) is 0 Å². The standard InChI is InChI=1S/C8H6O4.C6H16N2.C6H5O2P.Na/c9-7(10)5-2-1-3-6(4-5)8(11)12;7-5-3-1-2-4-6-8;7-9(8)6-4-2-1-3-5-6;/h1-4H,(H,9,10)(H,11,12);1-8H2;1-5H;/q;;;+1. The van der Waals surface area contributed by atoms with Crippen molar-refractivity contribution in [3.8, 4) is 0 Å².